The molecule has 26 heavy (non-hydrogen) atoms. The van der Waals surface area contributed by atoms with Crippen molar-refractivity contribution in [2.24, 2.45) is 0 Å². The van der Waals surface area contributed by atoms with E-state index >= 15 is 0 Å². The molecular weight excluding hydrogens is 350 g/mol. The number of nitrogens with one attached hydrogen (secondary N) is 1. The molecule has 3 aromatic rings. The van der Waals surface area contributed by atoms with E-state index in [2.05, 4.69) is 15.3 Å². The molecule has 2 N–H and O–H groups in total. The van der Waals surface area contributed by atoms with Crippen LogP contribution in [0.5, 0.6) is 0 Å². The molecule has 0 aliphatic rings. The van der Waals surface area contributed by atoms with Gasteiger partial charge < -0.3 is 10.4 Å². The zero-order valence-electron chi connectivity index (χ0n) is 14.0. The Morgan fingerprint density at radius 1 is 1.19 bits per heavy atom. The van der Waals surface area contributed by atoms with Crippen LogP contribution >= 0.6 is 11.3 Å². The Bertz CT molecular complexity index is 925. The van der Waals surface area contributed by atoms with E-state index in [1.807, 2.05) is 43.3 Å². The van der Waals surface area contributed by atoms with Gasteiger partial charge in [0.2, 0.25) is 0 Å². The van der Waals surface area contributed by atoms with Gasteiger partial charge in [0, 0.05) is 23.3 Å². The maximum atomic E-state index is 12.6. The Morgan fingerprint density at radius 2 is 1.92 bits per heavy atom. The van der Waals surface area contributed by atoms with Crippen LogP contribution in [0.25, 0.3) is 10.6 Å². The number of aliphatic carboxylic acids is 1. The minimum Gasteiger partial charge on any atom is -0.481 e. The smallest absolute Gasteiger partial charge is 0.305 e. The summed E-state index contributed by atoms with van der Waals surface area (Å²) in [6.45, 7) is 1.89. The number of carboxylic acid groups (broad SMARTS) is 1. The van der Waals surface area contributed by atoms with Crippen LogP contribution in [0.2, 0.25) is 0 Å². The van der Waals surface area contributed by atoms with Gasteiger partial charge >= 0.3 is 5.97 Å². The van der Waals surface area contributed by atoms with Gasteiger partial charge in [-0.2, -0.15) is 0 Å². The predicted molar refractivity (Wildman–Crippen MR) is 99.0 cm³/mol. The van der Waals surface area contributed by atoms with Crippen LogP contribution in [0.3, 0.4) is 0 Å². The summed E-state index contributed by atoms with van der Waals surface area (Å²) in [6.07, 6.45) is 3.13. The van der Waals surface area contributed by atoms with Crippen molar-refractivity contribution in [3.8, 4) is 10.6 Å². The average molecular weight is 367 g/mol. The second-order valence-corrected chi connectivity index (χ2v) is 6.61. The monoisotopic (exact) mass is 367 g/mol. The van der Waals surface area contributed by atoms with Gasteiger partial charge in [0.15, 0.2) is 0 Å². The first-order chi connectivity index (χ1) is 12.5. The lowest BCUT2D eigenvalue weighted by atomic mass is 9.98. The normalized spacial score (nSPS) is 11.7. The molecular formula is C19H17N3O3S. The molecule has 0 saturated heterocycles. The number of carbonyl (C=O) groups excluding carboxylic acids is 1. The fourth-order valence-electron chi connectivity index (χ4n) is 2.63. The molecule has 3 rings (SSSR count). The Balaban J connectivity index is 1.81. The first kappa shape index (κ1) is 17.8. The molecule has 1 atom stereocenters. The topological polar surface area (TPSA) is 92.2 Å². The Kier molecular flexibility index (Phi) is 5.38. The van der Waals surface area contributed by atoms with Crippen LogP contribution < -0.4 is 5.32 Å². The van der Waals surface area contributed by atoms with Crippen molar-refractivity contribution in [2.75, 3.05) is 0 Å². The summed E-state index contributed by atoms with van der Waals surface area (Å²) in [5.74, 6) is -1.37. The molecule has 0 spiro atoms. The van der Waals surface area contributed by atoms with Crippen LogP contribution in [-0.4, -0.2) is 27.0 Å². The summed E-state index contributed by atoms with van der Waals surface area (Å²) in [7, 11) is 0. The molecule has 1 aromatic carbocycles. The molecule has 0 fully saturated rings. The number of benzene rings is 1. The van der Waals surface area contributed by atoms with Gasteiger partial charge in [0.25, 0.3) is 5.91 Å². The fraction of sp³-hybridized carbons (Fsp3) is 0.158. The van der Waals surface area contributed by atoms with Crippen LogP contribution in [0.15, 0.2) is 54.2 Å². The third kappa shape index (κ3) is 4.12. The van der Waals surface area contributed by atoms with Gasteiger partial charge in [-0.05, 0) is 30.2 Å². The number of aryl methyl sites for hydroxylation is 1. The molecule has 2 heterocycles. The number of nitrogens with zero attached hydrogens (tertiary/aromatic N) is 2. The highest BCUT2D eigenvalue weighted by Gasteiger charge is 2.21. The second-order valence-electron chi connectivity index (χ2n) is 5.75. The van der Waals surface area contributed by atoms with E-state index in [4.69, 9.17) is 0 Å². The lowest BCUT2D eigenvalue weighted by molar-refractivity contribution is -0.137. The molecule has 1 amide bonds. The van der Waals surface area contributed by atoms with E-state index in [1.165, 1.54) is 11.3 Å². The fourth-order valence-corrected chi connectivity index (χ4v) is 3.43. The zero-order valence-corrected chi connectivity index (χ0v) is 14.9. The highest BCUT2D eigenvalue weighted by Crippen LogP contribution is 2.24. The Hall–Kier alpha value is -3.06. The van der Waals surface area contributed by atoms with E-state index < -0.39 is 17.9 Å². The molecule has 0 radical (unpaired) electrons. The van der Waals surface area contributed by atoms with Gasteiger partial charge in [-0.1, -0.05) is 24.3 Å². The first-order valence-electron chi connectivity index (χ1n) is 7.98. The van der Waals surface area contributed by atoms with Crippen molar-refractivity contribution in [3.05, 3.63) is 71.0 Å². The minimum absolute atomic E-state index is 0.196. The van der Waals surface area contributed by atoms with E-state index in [1.54, 1.807) is 17.8 Å². The van der Waals surface area contributed by atoms with Crippen molar-refractivity contribution in [2.45, 2.75) is 19.4 Å². The summed E-state index contributed by atoms with van der Waals surface area (Å²) < 4.78 is 0. The van der Waals surface area contributed by atoms with Crippen LogP contribution in [-0.2, 0) is 4.79 Å². The number of aromatic nitrogens is 2. The zero-order chi connectivity index (χ0) is 18.5. The molecule has 7 heteroatoms. The molecule has 2 aromatic heterocycles. The van der Waals surface area contributed by atoms with E-state index in [9.17, 15) is 14.7 Å². The predicted octanol–water partition coefficient (Wildman–Crippen LogP) is 3.46. The lowest BCUT2D eigenvalue weighted by Gasteiger charge is -2.18. The molecule has 0 aliphatic carbocycles. The van der Waals surface area contributed by atoms with Crippen LogP contribution in [0, 0.1) is 6.92 Å². The van der Waals surface area contributed by atoms with Crippen molar-refractivity contribution < 1.29 is 14.7 Å². The van der Waals surface area contributed by atoms with Gasteiger partial charge in [-0.3, -0.25) is 14.6 Å². The summed E-state index contributed by atoms with van der Waals surface area (Å²) in [5.41, 5.74) is 2.86. The number of hydrogen-bond acceptors (Lipinski definition) is 5. The third-order valence-electron chi connectivity index (χ3n) is 3.91. The van der Waals surface area contributed by atoms with Crippen molar-refractivity contribution >= 4 is 23.2 Å². The number of carbonyl (C=O) groups is 2. The highest BCUT2D eigenvalue weighted by atomic mass is 32.1. The van der Waals surface area contributed by atoms with Gasteiger partial charge in [-0.25, -0.2) is 4.98 Å². The maximum Gasteiger partial charge on any atom is 0.305 e. The molecule has 0 bridgehead atoms. The summed E-state index contributed by atoms with van der Waals surface area (Å²) in [5, 5.41) is 14.4. The molecule has 0 unspecified atom stereocenters. The maximum absolute atomic E-state index is 12.6. The Morgan fingerprint density at radius 3 is 2.62 bits per heavy atom. The number of amides is 1. The van der Waals surface area contributed by atoms with E-state index in [0.717, 1.165) is 16.7 Å². The van der Waals surface area contributed by atoms with E-state index in [0.29, 0.717) is 5.01 Å². The minimum atomic E-state index is -0.977. The van der Waals surface area contributed by atoms with Crippen LogP contribution in [0.1, 0.15) is 34.1 Å². The number of pyridine rings is 1. The van der Waals surface area contributed by atoms with Crippen molar-refractivity contribution in [1.29, 1.82) is 0 Å². The number of hydrogen-bond donors (Lipinski definition) is 2. The molecule has 0 aliphatic heterocycles. The highest BCUT2D eigenvalue weighted by molar-refractivity contribution is 7.13. The number of carboxylic acids is 1. The molecule has 6 nitrogen and oxygen atoms in total. The lowest BCUT2D eigenvalue weighted by Crippen LogP contribution is -2.30. The number of thiazole rings is 1. The second kappa shape index (κ2) is 7.88. The van der Waals surface area contributed by atoms with Gasteiger partial charge in [0.05, 0.1) is 12.5 Å². The first-order valence-corrected chi connectivity index (χ1v) is 8.86. The summed E-state index contributed by atoms with van der Waals surface area (Å²) >= 11 is 1.35. The standard InChI is InChI=1S/C19H17N3O3S/c1-12-4-2-3-5-14(12)15(10-17(23)24)21-18(25)16-11-26-19(22-16)13-6-8-20-9-7-13/h2-9,11,15H,10H2,1H3,(H,21,25)(H,23,24)/t15-/m0/s1. The van der Waals surface area contributed by atoms with Crippen LogP contribution in [0.4, 0.5) is 0 Å². The van der Waals surface area contributed by atoms with Crippen molar-refractivity contribution in [1.82, 2.24) is 15.3 Å². The van der Waals surface area contributed by atoms with Gasteiger partial charge in [0.1, 0.15) is 10.7 Å². The summed E-state index contributed by atoms with van der Waals surface area (Å²) in [4.78, 5) is 32.1. The molecule has 132 valence electrons. The van der Waals surface area contributed by atoms with Crippen molar-refractivity contribution in [3.63, 3.8) is 0 Å². The summed E-state index contributed by atoms with van der Waals surface area (Å²) in [6, 6.07) is 10.4. The Labute approximate surface area is 154 Å². The molecule has 0 saturated carbocycles. The van der Waals surface area contributed by atoms with Gasteiger partial charge in [-0.15, -0.1) is 11.3 Å². The number of rotatable bonds is 6. The van der Waals surface area contributed by atoms with E-state index in [-0.39, 0.29) is 12.1 Å². The quantitative estimate of drug-likeness (QED) is 0.696. The third-order valence-corrected chi connectivity index (χ3v) is 4.80. The SMILES string of the molecule is Cc1ccccc1[C@H](CC(=O)O)NC(=O)c1csc(-c2ccncc2)n1. The average Bonchev–Trinajstić information content (AvgIpc) is 3.12. The largest absolute Gasteiger partial charge is 0.481 e.